The van der Waals surface area contributed by atoms with Gasteiger partial charge in [0.1, 0.15) is 12.4 Å². The van der Waals surface area contributed by atoms with Crippen LogP contribution in [-0.2, 0) is 24.3 Å². The number of piperidine rings is 1. The van der Waals surface area contributed by atoms with Crippen LogP contribution in [0.4, 0.5) is 0 Å². The highest BCUT2D eigenvalue weighted by atomic mass is 32.2. The Morgan fingerprint density at radius 3 is 2.16 bits per heavy atom. The number of hydrogen-bond donors (Lipinski definition) is 2. The van der Waals surface area contributed by atoms with Gasteiger partial charge in [-0.2, -0.15) is 4.31 Å². The maximum atomic E-state index is 12.9. The van der Waals surface area contributed by atoms with E-state index in [9.17, 15) is 23.1 Å². The molecule has 1 fully saturated rings. The first-order chi connectivity index (χ1) is 14.4. The highest BCUT2D eigenvalue weighted by Gasteiger charge is 2.33. The second-order valence-electron chi connectivity index (χ2n) is 8.01. The van der Waals surface area contributed by atoms with Crippen LogP contribution in [0.5, 0.6) is 0 Å². The van der Waals surface area contributed by atoms with Crippen LogP contribution in [0.15, 0.2) is 40.5 Å². The normalized spacial score (nSPS) is 16.7. The molecule has 0 saturated carbocycles. The fourth-order valence-corrected chi connectivity index (χ4v) is 4.99. The number of aliphatic hydroxyl groups is 1. The quantitative estimate of drug-likeness (QED) is 0.271. The third-order valence-corrected chi connectivity index (χ3v) is 7.25. The van der Waals surface area contributed by atoms with Gasteiger partial charge in [-0.1, -0.05) is 26.0 Å². The number of allylic oxidation sites excluding steroid dienone is 1. The molecule has 2 N–H and O–H groups in total. The molecule has 1 aliphatic rings. The number of carbonyl (C=O) groups excluding carboxylic acids is 2. The van der Waals surface area contributed by atoms with Crippen molar-refractivity contribution < 1.29 is 27.9 Å². The van der Waals surface area contributed by atoms with Crippen LogP contribution in [0.3, 0.4) is 0 Å². The molecule has 0 radical (unpaired) electrons. The summed E-state index contributed by atoms with van der Waals surface area (Å²) in [6.45, 7) is 6.54. The highest BCUT2D eigenvalue weighted by molar-refractivity contribution is 7.89. The van der Waals surface area contributed by atoms with Gasteiger partial charge in [0.05, 0.1) is 16.4 Å². The van der Waals surface area contributed by atoms with Crippen LogP contribution in [-0.4, -0.2) is 55.0 Å². The van der Waals surface area contributed by atoms with E-state index >= 15 is 0 Å². The van der Waals surface area contributed by atoms with Crippen molar-refractivity contribution in [3.05, 3.63) is 41.2 Å². The zero-order valence-electron chi connectivity index (χ0n) is 18.3. The van der Waals surface area contributed by atoms with Crippen LogP contribution in [0.1, 0.15) is 52.0 Å². The maximum absolute atomic E-state index is 12.9. The molecule has 0 aromatic heterocycles. The van der Waals surface area contributed by atoms with Gasteiger partial charge in [0.15, 0.2) is 5.78 Å². The summed E-state index contributed by atoms with van der Waals surface area (Å²) in [5, 5.41) is 17.5. The predicted molar refractivity (Wildman–Crippen MR) is 117 cm³/mol. The van der Waals surface area contributed by atoms with Crippen molar-refractivity contribution in [1.82, 2.24) is 4.31 Å². The smallest absolute Gasteiger partial charge is 0.309 e. The molecule has 0 bridgehead atoms. The van der Waals surface area contributed by atoms with Crippen molar-refractivity contribution in [2.24, 2.45) is 5.92 Å². The number of nitrogens with one attached hydrogen (secondary N) is 1. The molecule has 0 aliphatic carbocycles. The number of rotatable bonds is 8. The lowest BCUT2D eigenvalue weighted by Crippen LogP contribution is -2.40. The Hall–Kier alpha value is -2.52. The lowest BCUT2D eigenvalue weighted by atomic mass is 9.98. The lowest BCUT2D eigenvalue weighted by molar-refractivity contribution is -0.149. The summed E-state index contributed by atoms with van der Waals surface area (Å²) in [7, 11) is -3.64. The minimum absolute atomic E-state index is 0.110. The van der Waals surface area contributed by atoms with Crippen LogP contribution in [0.25, 0.3) is 0 Å². The Labute approximate surface area is 183 Å². The first-order valence-corrected chi connectivity index (χ1v) is 11.6. The fraction of sp³-hybridized carbons (Fsp3) is 0.500. The molecule has 1 aliphatic heterocycles. The first kappa shape index (κ1) is 24.7. The van der Waals surface area contributed by atoms with E-state index in [0.717, 1.165) is 5.56 Å². The molecular weight excluding hydrogens is 420 g/mol. The number of nitrogens with zero attached hydrogens (tertiary/aromatic N) is 1. The minimum atomic E-state index is -3.64. The SMILES string of the molecule is CC(=N)/C(C(C)=O)=C(/O)COC(=O)C1CCN(S(=O)(=O)c2ccc(C(C)C)cc2)CC1. The number of hydrogen-bond acceptors (Lipinski definition) is 7. The Balaban J connectivity index is 1.97. The fourth-order valence-electron chi connectivity index (χ4n) is 3.52. The zero-order chi connectivity index (χ0) is 23.3. The van der Waals surface area contributed by atoms with Gasteiger partial charge < -0.3 is 15.3 Å². The van der Waals surface area contributed by atoms with E-state index in [2.05, 4.69) is 0 Å². The number of sulfonamides is 1. The summed E-state index contributed by atoms with van der Waals surface area (Å²) in [6.07, 6.45) is 0.603. The molecule has 9 heteroatoms. The lowest BCUT2D eigenvalue weighted by Gasteiger charge is -2.30. The average Bonchev–Trinajstić information content (AvgIpc) is 2.71. The Morgan fingerprint density at radius 1 is 1.16 bits per heavy atom. The Bertz CT molecular complexity index is 956. The molecule has 0 spiro atoms. The topological polar surface area (TPSA) is 125 Å². The summed E-state index contributed by atoms with van der Waals surface area (Å²) >= 11 is 0. The molecule has 31 heavy (non-hydrogen) atoms. The van der Waals surface area contributed by atoms with Crippen molar-refractivity contribution in [3.63, 3.8) is 0 Å². The van der Waals surface area contributed by atoms with E-state index in [1.807, 2.05) is 26.0 Å². The molecule has 2 rings (SSSR count). The van der Waals surface area contributed by atoms with Gasteiger partial charge in [0.25, 0.3) is 0 Å². The molecule has 1 aromatic rings. The Morgan fingerprint density at radius 2 is 1.71 bits per heavy atom. The minimum Gasteiger partial charge on any atom is -0.508 e. The summed E-state index contributed by atoms with van der Waals surface area (Å²) < 4.78 is 32.2. The number of ether oxygens (including phenoxy) is 1. The van der Waals surface area contributed by atoms with Crippen LogP contribution in [0, 0.1) is 11.3 Å². The summed E-state index contributed by atoms with van der Waals surface area (Å²) in [5.41, 5.74) is 0.780. The number of carbonyl (C=O) groups is 2. The van der Waals surface area contributed by atoms with E-state index in [-0.39, 0.29) is 29.3 Å². The monoisotopic (exact) mass is 450 g/mol. The number of Topliss-reactive ketones (excluding diaryl/α,β-unsaturated/α-hetero) is 1. The molecule has 8 nitrogen and oxygen atoms in total. The molecule has 1 aromatic carbocycles. The van der Waals surface area contributed by atoms with E-state index in [0.29, 0.717) is 18.8 Å². The van der Waals surface area contributed by atoms with Gasteiger partial charge >= 0.3 is 5.97 Å². The highest BCUT2D eigenvalue weighted by Crippen LogP contribution is 2.26. The second kappa shape index (κ2) is 10.2. The van der Waals surface area contributed by atoms with E-state index in [1.54, 1.807) is 12.1 Å². The molecule has 0 unspecified atom stereocenters. The number of ketones is 1. The maximum Gasteiger partial charge on any atom is 0.309 e. The second-order valence-corrected chi connectivity index (χ2v) is 9.95. The average molecular weight is 451 g/mol. The number of esters is 1. The van der Waals surface area contributed by atoms with Gasteiger partial charge in [-0.15, -0.1) is 0 Å². The standard InChI is InChI=1S/C22H30N2O6S/c1-14(2)17-5-7-19(8-6-17)31(28,29)24-11-9-18(10-12-24)22(27)30-13-20(26)21(15(3)23)16(4)25/h5-8,14,18,23,26H,9-13H2,1-4H3/b21-20-,23-15?. The van der Waals surface area contributed by atoms with Crippen molar-refractivity contribution in [2.45, 2.75) is 51.3 Å². The van der Waals surface area contributed by atoms with E-state index in [4.69, 9.17) is 10.1 Å². The summed E-state index contributed by atoms with van der Waals surface area (Å²) in [4.78, 5) is 24.1. The largest absolute Gasteiger partial charge is 0.508 e. The third kappa shape index (κ3) is 6.01. The van der Waals surface area contributed by atoms with Crippen molar-refractivity contribution in [2.75, 3.05) is 19.7 Å². The zero-order valence-corrected chi connectivity index (χ0v) is 19.2. The van der Waals surface area contributed by atoms with Crippen LogP contribution < -0.4 is 0 Å². The molecule has 0 atom stereocenters. The third-order valence-electron chi connectivity index (χ3n) is 5.34. The van der Waals surface area contributed by atoms with Crippen molar-refractivity contribution in [1.29, 1.82) is 5.41 Å². The molecule has 1 saturated heterocycles. The van der Waals surface area contributed by atoms with Crippen molar-refractivity contribution in [3.8, 4) is 0 Å². The summed E-state index contributed by atoms with van der Waals surface area (Å²) in [6, 6.07) is 6.84. The molecule has 1 heterocycles. The van der Waals surface area contributed by atoms with Gasteiger partial charge in [-0.05, 0) is 50.3 Å². The number of benzene rings is 1. The molecular formula is C22H30N2O6S. The van der Waals surface area contributed by atoms with E-state index < -0.39 is 40.1 Å². The van der Waals surface area contributed by atoms with E-state index in [1.165, 1.54) is 18.2 Å². The van der Waals surface area contributed by atoms with Crippen LogP contribution >= 0.6 is 0 Å². The molecule has 0 amide bonds. The first-order valence-electron chi connectivity index (χ1n) is 10.2. The molecule has 170 valence electrons. The Kier molecular flexibility index (Phi) is 8.14. The summed E-state index contributed by atoms with van der Waals surface area (Å²) in [5.74, 6) is -1.69. The van der Waals surface area contributed by atoms with Crippen molar-refractivity contribution >= 4 is 27.5 Å². The number of aliphatic hydroxyl groups excluding tert-OH is 1. The van der Waals surface area contributed by atoms with Gasteiger partial charge in [-0.3, -0.25) is 9.59 Å². The predicted octanol–water partition coefficient (Wildman–Crippen LogP) is 3.19. The van der Waals surface area contributed by atoms with Gasteiger partial charge in [0.2, 0.25) is 10.0 Å². The van der Waals surface area contributed by atoms with Gasteiger partial charge in [-0.25, -0.2) is 8.42 Å². The van der Waals surface area contributed by atoms with Gasteiger partial charge in [0, 0.05) is 18.8 Å². The van der Waals surface area contributed by atoms with Crippen LogP contribution in [0.2, 0.25) is 0 Å².